The molecular weight excluding hydrogens is 286 g/mol. The molecule has 1 saturated carbocycles. The van der Waals surface area contributed by atoms with E-state index in [0.717, 1.165) is 0 Å². The van der Waals surface area contributed by atoms with Crippen molar-refractivity contribution in [2.45, 2.75) is 18.9 Å². The second kappa shape index (κ2) is 6.22. The second-order valence-corrected chi connectivity index (χ2v) is 3.87. The lowest BCUT2D eigenvalue weighted by molar-refractivity contribution is 0.0939. The van der Waals surface area contributed by atoms with E-state index in [1.165, 1.54) is 0 Å². The smallest absolute Gasteiger partial charge is 0.450 e. The van der Waals surface area contributed by atoms with Gasteiger partial charge in [-0.3, -0.25) is 4.79 Å². The van der Waals surface area contributed by atoms with E-state index < -0.39 is 40.9 Å². The average molecular weight is 295 g/mol. The third-order valence-corrected chi connectivity index (χ3v) is 2.25. The number of carboxylic acid groups (broad SMARTS) is 2. The van der Waals surface area contributed by atoms with Crippen LogP contribution in [0.5, 0.6) is 0 Å². The Kier molecular flexibility index (Phi) is 4.89. The van der Waals surface area contributed by atoms with Crippen LogP contribution >= 0.6 is 0 Å². The third kappa shape index (κ3) is 4.11. The van der Waals surface area contributed by atoms with Crippen molar-refractivity contribution in [2.24, 2.45) is 0 Å². The van der Waals surface area contributed by atoms with Gasteiger partial charge in [0.1, 0.15) is 5.56 Å². The summed E-state index contributed by atoms with van der Waals surface area (Å²) in [6.07, 6.45) is -0.431. The summed E-state index contributed by atoms with van der Waals surface area (Å²) in [4.78, 5) is 19.9. The van der Waals surface area contributed by atoms with E-state index in [0.29, 0.717) is 12.8 Å². The van der Waals surface area contributed by atoms with E-state index >= 15 is 0 Å². The van der Waals surface area contributed by atoms with Crippen LogP contribution in [0, 0.1) is 23.3 Å². The Morgan fingerprint density at radius 1 is 1.05 bits per heavy atom. The van der Waals surface area contributed by atoms with E-state index in [4.69, 9.17) is 15.0 Å². The van der Waals surface area contributed by atoms with Crippen LogP contribution in [0.25, 0.3) is 0 Å². The zero-order valence-corrected chi connectivity index (χ0v) is 9.79. The molecule has 5 nitrogen and oxygen atoms in total. The second-order valence-electron chi connectivity index (χ2n) is 3.87. The highest BCUT2D eigenvalue weighted by Crippen LogP contribution is 2.22. The molecule has 1 fully saturated rings. The number of amides is 1. The van der Waals surface area contributed by atoms with Gasteiger partial charge in [-0.25, -0.2) is 22.4 Å². The van der Waals surface area contributed by atoms with E-state index in [2.05, 4.69) is 5.32 Å². The van der Waals surface area contributed by atoms with Gasteiger partial charge in [0.05, 0.1) is 0 Å². The topological polar surface area (TPSA) is 86.6 Å². The summed E-state index contributed by atoms with van der Waals surface area (Å²) in [6.45, 7) is 0. The number of hydrogen-bond acceptors (Lipinski definition) is 2. The van der Waals surface area contributed by atoms with Crippen LogP contribution in [0.2, 0.25) is 0 Å². The quantitative estimate of drug-likeness (QED) is 0.577. The molecule has 0 aliphatic heterocycles. The van der Waals surface area contributed by atoms with Crippen molar-refractivity contribution in [2.75, 3.05) is 0 Å². The first-order valence-electron chi connectivity index (χ1n) is 5.29. The number of halogens is 4. The first kappa shape index (κ1) is 15.7. The number of nitrogens with one attached hydrogen (secondary N) is 1. The van der Waals surface area contributed by atoms with Crippen LogP contribution < -0.4 is 5.32 Å². The first-order chi connectivity index (χ1) is 9.23. The van der Waals surface area contributed by atoms with Crippen molar-refractivity contribution < 1.29 is 37.4 Å². The predicted octanol–water partition coefficient (Wildman–Crippen LogP) is 2.36. The lowest BCUT2D eigenvalue weighted by Gasteiger charge is -2.07. The van der Waals surface area contributed by atoms with Crippen molar-refractivity contribution in [3.8, 4) is 0 Å². The van der Waals surface area contributed by atoms with Crippen molar-refractivity contribution in [3.05, 3.63) is 34.9 Å². The molecule has 0 radical (unpaired) electrons. The average Bonchev–Trinajstić information content (AvgIpc) is 3.10. The fourth-order valence-electron chi connectivity index (χ4n) is 1.26. The number of carbonyl (C=O) groups excluding carboxylic acids is 1. The zero-order chi connectivity index (χ0) is 15.4. The summed E-state index contributed by atoms with van der Waals surface area (Å²) in [5, 5.41) is 16.2. The van der Waals surface area contributed by atoms with E-state index in [1.807, 2.05) is 0 Å². The molecular formula is C11H9F4NO4. The largest absolute Gasteiger partial charge is 0.503 e. The molecule has 1 aromatic rings. The fraction of sp³-hybridized carbons (Fsp3) is 0.273. The van der Waals surface area contributed by atoms with Crippen molar-refractivity contribution in [1.82, 2.24) is 5.32 Å². The van der Waals surface area contributed by atoms with Crippen LogP contribution in [0.1, 0.15) is 23.2 Å². The van der Waals surface area contributed by atoms with Crippen molar-refractivity contribution >= 4 is 12.1 Å². The third-order valence-electron chi connectivity index (χ3n) is 2.25. The van der Waals surface area contributed by atoms with Gasteiger partial charge in [0.25, 0.3) is 5.91 Å². The van der Waals surface area contributed by atoms with Crippen LogP contribution in [-0.2, 0) is 0 Å². The molecule has 0 heterocycles. The maximum atomic E-state index is 13.1. The highest BCUT2D eigenvalue weighted by atomic mass is 19.2. The summed E-state index contributed by atoms with van der Waals surface area (Å²) >= 11 is 0. The number of rotatable bonds is 2. The van der Waals surface area contributed by atoms with Crippen LogP contribution in [0.15, 0.2) is 6.07 Å². The molecule has 0 bridgehead atoms. The predicted molar refractivity (Wildman–Crippen MR) is 57.4 cm³/mol. The van der Waals surface area contributed by atoms with Gasteiger partial charge in [-0.15, -0.1) is 0 Å². The lowest BCUT2D eigenvalue weighted by Crippen LogP contribution is -2.28. The Bertz CT molecular complexity index is 515. The molecule has 3 N–H and O–H groups in total. The van der Waals surface area contributed by atoms with Crippen LogP contribution in [0.4, 0.5) is 22.4 Å². The van der Waals surface area contributed by atoms with Crippen molar-refractivity contribution in [3.63, 3.8) is 0 Å². The van der Waals surface area contributed by atoms with Gasteiger partial charge in [0, 0.05) is 12.1 Å². The minimum absolute atomic E-state index is 0.0680. The lowest BCUT2D eigenvalue weighted by atomic mass is 10.1. The SMILES string of the molecule is O=C(NC1CC1)c1c(F)c(F)cc(F)c1F.O=C(O)O. The Hall–Kier alpha value is -2.32. The minimum atomic E-state index is -1.83. The summed E-state index contributed by atoms with van der Waals surface area (Å²) in [5.41, 5.74) is -1.20. The van der Waals surface area contributed by atoms with Gasteiger partial charge in [-0.1, -0.05) is 0 Å². The Morgan fingerprint density at radius 2 is 1.45 bits per heavy atom. The minimum Gasteiger partial charge on any atom is -0.450 e. The van der Waals surface area contributed by atoms with E-state index in [9.17, 15) is 22.4 Å². The molecule has 20 heavy (non-hydrogen) atoms. The Balaban J connectivity index is 0.000000444. The zero-order valence-electron chi connectivity index (χ0n) is 9.79. The maximum Gasteiger partial charge on any atom is 0.503 e. The fourth-order valence-corrected chi connectivity index (χ4v) is 1.26. The summed E-state index contributed by atoms with van der Waals surface area (Å²) in [7, 11) is 0. The molecule has 1 aromatic carbocycles. The van der Waals surface area contributed by atoms with E-state index in [1.54, 1.807) is 0 Å². The molecule has 1 aliphatic rings. The maximum absolute atomic E-state index is 13.1. The van der Waals surface area contributed by atoms with Gasteiger partial charge in [-0.05, 0) is 12.8 Å². The number of benzene rings is 1. The Morgan fingerprint density at radius 3 is 1.80 bits per heavy atom. The molecule has 9 heteroatoms. The summed E-state index contributed by atoms with van der Waals surface area (Å²) < 4.78 is 51.8. The molecule has 0 saturated heterocycles. The standard InChI is InChI=1S/C10H7F4NO.CH2O3/c11-5-3-6(12)9(14)7(8(5)13)10(16)15-4-1-2-4;2-1(3)4/h3-4H,1-2H2,(H,15,16);(H2,2,3,4). The summed E-state index contributed by atoms with van der Waals surface area (Å²) in [6, 6.07) is -0.0869. The molecule has 0 aromatic heterocycles. The molecule has 110 valence electrons. The molecule has 0 spiro atoms. The molecule has 0 unspecified atom stereocenters. The first-order valence-corrected chi connectivity index (χ1v) is 5.29. The van der Waals surface area contributed by atoms with Gasteiger partial charge >= 0.3 is 6.16 Å². The van der Waals surface area contributed by atoms with Gasteiger partial charge in [0.2, 0.25) is 0 Å². The molecule has 0 atom stereocenters. The van der Waals surface area contributed by atoms with Crippen LogP contribution in [-0.4, -0.2) is 28.3 Å². The summed E-state index contributed by atoms with van der Waals surface area (Å²) in [5.74, 6) is -7.63. The van der Waals surface area contributed by atoms with Gasteiger partial charge < -0.3 is 15.5 Å². The highest BCUT2D eigenvalue weighted by Gasteiger charge is 2.29. The van der Waals surface area contributed by atoms with Gasteiger partial charge in [0.15, 0.2) is 23.3 Å². The van der Waals surface area contributed by atoms with Crippen LogP contribution in [0.3, 0.4) is 0 Å². The molecule has 1 aliphatic carbocycles. The highest BCUT2D eigenvalue weighted by molar-refractivity contribution is 5.95. The van der Waals surface area contributed by atoms with Gasteiger partial charge in [-0.2, -0.15) is 0 Å². The Labute approximate surface area is 109 Å². The number of hydrogen-bond donors (Lipinski definition) is 3. The number of carbonyl (C=O) groups is 2. The normalized spacial score (nSPS) is 13.2. The molecule has 1 amide bonds. The molecule has 2 rings (SSSR count). The van der Waals surface area contributed by atoms with Crippen molar-refractivity contribution in [1.29, 1.82) is 0 Å². The van der Waals surface area contributed by atoms with E-state index in [-0.39, 0.29) is 12.1 Å². The monoisotopic (exact) mass is 295 g/mol.